The predicted octanol–water partition coefficient (Wildman–Crippen LogP) is 1.77. The van der Waals surface area contributed by atoms with Crippen molar-refractivity contribution in [3.8, 4) is 6.07 Å². The van der Waals surface area contributed by atoms with Crippen molar-refractivity contribution in [2.45, 2.75) is 50.6 Å². The van der Waals surface area contributed by atoms with Crippen molar-refractivity contribution in [1.29, 1.82) is 5.26 Å². The first-order valence-electron chi connectivity index (χ1n) is 7.62. The third-order valence-corrected chi connectivity index (χ3v) is 4.79. The highest BCUT2D eigenvalue weighted by atomic mass is 16.5. The SMILES string of the molecule is CCNC1(C#N)CCC(N2CCC(COC)CC2)C1. The Morgan fingerprint density at radius 2 is 2.11 bits per heavy atom. The highest BCUT2D eigenvalue weighted by Gasteiger charge is 2.41. The summed E-state index contributed by atoms with van der Waals surface area (Å²) >= 11 is 0. The summed E-state index contributed by atoms with van der Waals surface area (Å²) in [7, 11) is 1.79. The van der Waals surface area contributed by atoms with E-state index < -0.39 is 0 Å². The van der Waals surface area contributed by atoms with E-state index in [2.05, 4.69) is 23.2 Å². The number of likely N-dealkylation sites (tertiary alicyclic amines) is 1. The fourth-order valence-corrected chi connectivity index (χ4v) is 3.69. The Morgan fingerprint density at radius 3 is 2.68 bits per heavy atom. The van der Waals surface area contributed by atoms with E-state index in [1.807, 2.05) is 0 Å². The predicted molar refractivity (Wildman–Crippen MR) is 75.8 cm³/mol. The molecule has 0 aromatic rings. The van der Waals surface area contributed by atoms with Crippen LogP contribution >= 0.6 is 0 Å². The number of nitriles is 1. The third-order valence-electron chi connectivity index (χ3n) is 4.79. The van der Waals surface area contributed by atoms with Crippen LogP contribution in [0.5, 0.6) is 0 Å². The van der Waals surface area contributed by atoms with E-state index >= 15 is 0 Å². The van der Waals surface area contributed by atoms with Gasteiger partial charge in [0.05, 0.1) is 6.07 Å². The van der Waals surface area contributed by atoms with Gasteiger partial charge in [-0.2, -0.15) is 5.26 Å². The van der Waals surface area contributed by atoms with Gasteiger partial charge >= 0.3 is 0 Å². The minimum Gasteiger partial charge on any atom is -0.384 e. The molecule has 0 spiro atoms. The van der Waals surface area contributed by atoms with Crippen LogP contribution in [0.15, 0.2) is 0 Å². The van der Waals surface area contributed by atoms with Crippen LogP contribution in [-0.4, -0.2) is 49.8 Å². The quantitative estimate of drug-likeness (QED) is 0.823. The lowest BCUT2D eigenvalue weighted by Gasteiger charge is -2.36. The number of rotatable bonds is 5. The lowest BCUT2D eigenvalue weighted by molar-refractivity contribution is 0.0795. The lowest BCUT2D eigenvalue weighted by Crippen LogP contribution is -2.45. The second-order valence-corrected chi connectivity index (χ2v) is 6.06. The third kappa shape index (κ3) is 3.47. The molecule has 2 atom stereocenters. The van der Waals surface area contributed by atoms with Crippen molar-refractivity contribution in [2.75, 3.05) is 33.4 Å². The molecule has 2 unspecified atom stereocenters. The fourth-order valence-electron chi connectivity index (χ4n) is 3.69. The smallest absolute Gasteiger partial charge is 0.108 e. The maximum absolute atomic E-state index is 9.43. The number of nitrogens with zero attached hydrogens (tertiary/aromatic N) is 2. The molecule has 4 nitrogen and oxygen atoms in total. The number of nitrogens with one attached hydrogen (secondary N) is 1. The molecule has 4 heteroatoms. The fraction of sp³-hybridized carbons (Fsp3) is 0.933. The normalized spacial score (nSPS) is 33.4. The first kappa shape index (κ1) is 14.8. The van der Waals surface area contributed by atoms with Crippen molar-refractivity contribution >= 4 is 0 Å². The molecule has 0 bridgehead atoms. The van der Waals surface area contributed by atoms with Crippen LogP contribution in [0.1, 0.15) is 39.0 Å². The molecule has 1 saturated carbocycles. The van der Waals surface area contributed by atoms with E-state index in [9.17, 15) is 5.26 Å². The highest BCUT2D eigenvalue weighted by molar-refractivity contribution is 5.13. The molecular weight excluding hydrogens is 238 g/mol. The number of hydrogen-bond acceptors (Lipinski definition) is 4. The van der Waals surface area contributed by atoms with Crippen molar-refractivity contribution in [3.05, 3.63) is 0 Å². The summed E-state index contributed by atoms with van der Waals surface area (Å²) in [4.78, 5) is 2.60. The van der Waals surface area contributed by atoms with Crippen LogP contribution in [0.3, 0.4) is 0 Å². The molecule has 0 radical (unpaired) electrons. The first-order valence-corrected chi connectivity index (χ1v) is 7.62. The maximum Gasteiger partial charge on any atom is 0.108 e. The Labute approximate surface area is 117 Å². The van der Waals surface area contributed by atoms with Gasteiger partial charge in [0.25, 0.3) is 0 Å². The van der Waals surface area contributed by atoms with E-state index in [0.717, 1.165) is 38.3 Å². The molecule has 1 heterocycles. The van der Waals surface area contributed by atoms with Crippen LogP contribution in [0.2, 0.25) is 0 Å². The van der Waals surface area contributed by atoms with Gasteiger partial charge in [-0.1, -0.05) is 6.92 Å². The largest absolute Gasteiger partial charge is 0.384 e. The summed E-state index contributed by atoms with van der Waals surface area (Å²) in [5.41, 5.74) is -0.261. The Kier molecular flexibility index (Phi) is 5.20. The van der Waals surface area contributed by atoms with Gasteiger partial charge in [-0.25, -0.2) is 0 Å². The Morgan fingerprint density at radius 1 is 1.37 bits per heavy atom. The van der Waals surface area contributed by atoms with E-state index in [4.69, 9.17) is 4.74 Å². The number of ether oxygens (including phenoxy) is 1. The summed E-state index contributed by atoms with van der Waals surface area (Å²) in [6, 6.07) is 3.12. The molecule has 2 fully saturated rings. The topological polar surface area (TPSA) is 48.3 Å². The number of piperidine rings is 1. The second kappa shape index (κ2) is 6.69. The summed E-state index contributed by atoms with van der Waals surface area (Å²) in [6.07, 6.45) is 5.64. The summed E-state index contributed by atoms with van der Waals surface area (Å²) in [6.45, 7) is 6.22. The highest BCUT2D eigenvalue weighted by Crippen LogP contribution is 2.34. The van der Waals surface area contributed by atoms with Gasteiger partial charge in [-0.3, -0.25) is 5.32 Å². The second-order valence-electron chi connectivity index (χ2n) is 6.06. The van der Waals surface area contributed by atoms with Crippen molar-refractivity contribution < 1.29 is 4.74 Å². The Bertz CT molecular complexity index is 320. The summed E-state index contributed by atoms with van der Waals surface area (Å²) < 4.78 is 5.25. The van der Waals surface area contributed by atoms with E-state index in [1.54, 1.807) is 7.11 Å². The van der Waals surface area contributed by atoms with Gasteiger partial charge in [-0.15, -0.1) is 0 Å². The molecule has 108 valence electrons. The van der Waals surface area contributed by atoms with Crippen LogP contribution in [0, 0.1) is 17.2 Å². The van der Waals surface area contributed by atoms with E-state index in [1.165, 1.54) is 25.9 Å². The van der Waals surface area contributed by atoms with Gasteiger partial charge in [0, 0.05) is 19.8 Å². The molecule has 1 saturated heterocycles. The van der Waals surface area contributed by atoms with Crippen molar-refractivity contribution in [1.82, 2.24) is 10.2 Å². The van der Waals surface area contributed by atoms with Gasteiger partial charge < -0.3 is 9.64 Å². The van der Waals surface area contributed by atoms with Crippen molar-refractivity contribution in [2.24, 2.45) is 5.92 Å². The van der Waals surface area contributed by atoms with Gasteiger partial charge in [0.1, 0.15) is 5.54 Å². The zero-order valence-electron chi connectivity index (χ0n) is 12.3. The zero-order chi connectivity index (χ0) is 13.7. The maximum atomic E-state index is 9.43. The van der Waals surface area contributed by atoms with Gasteiger partial charge in [0.15, 0.2) is 0 Å². The van der Waals surface area contributed by atoms with Crippen LogP contribution in [0.25, 0.3) is 0 Å². The molecule has 0 amide bonds. The Hall–Kier alpha value is -0.630. The zero-order valence-corrected chi connectivity index (χ0v) is 12.3. The van der Waals surface area contributed by atoms with E-state index in [0.29, 0.717) is 6.04 Å². The van der Waals surface area contributed by atoms with Crippen LogP contribution in [0.4, 0.5) is 0 Å². The molecule has 19 heavy (non-hydrogen) atoms. The molecule has 0 aromatic heterocycles. The molecule has 1 N–H and O–H groups in total. The average molecular weight is 265 g/mol. The average Bonchev–Trinajstić information content (AvgIpc) is 2.85. The van der Waals surface area contributed by atoms with E-state index in [-0.39, 0.29) is 5.54 Å². The summed E-state index contributed by atoms with van der Waals surface area (Å²) in [5.74, 6) is 0.733. The van der Waals surface area contributed by atoms with Gasteiger partial charge in [0.2, 0.25) is 0 Å². The standard InChI is InChI=1S/C15H27N3O/c1-3-17-15(12-16)7-4-14(10-15)18-8-5-13(6-9-18)11-19-2/h13-14,17H,3-11H2,1-2H3. The molecule has 2 aliphatic rings. The lowest BCUT2D eigenvalue weighted by atomic mass is 9.95. The molecular formula is C15H27N3O. The molecule has 2 rings (SSSR count). The number of hydrogen-bond donors (Lipinski definition) is 1. The van der Waals surface area contributed by atoms with Gasteiger partial charge in [-0.05, 0) is 57.7 Å². The Balaban J connectivity index is 1.83. The minimum absolute atomic E-state index is 0.261. The number of methoxy groups -OCH3 is 1. The minimum atomic E-state index is -0.261. The van der Waals surface area contributed by atoms with Crippen LogP contribution in [-0.2, 0) is 4.74 Å². The molecule has 0 aromatic carbocycles. The monoisotopic (exact) mass is 265 g/mol. The first-order chi connectivity index (χ1) is 9.23. The van der Waals surface area contributed by atoms with Crippen molar-refractivity contribution in [3.63, 3.8) is 0 Å². The summed E-state index contributed by atoms with van der Waals surface area (Å²) in [5, 5.41) is 12.8. The van der Waals surface area contributed by atoms with Crippen LogP contribution < -0.4 is 5.32 Å². The molecule has 1 aliphatic carbocycles. The molecule has 1 aliphatic heterocycles.